The average molecular weight is 267 g/mol. The third-order valence-electron chi connectivity index (χ3n) is 2.38. The van der Waals surface area contributed by atoms with Crippen LogP contribution in [-0.4, -0.2) is 27.1 Å². The number of hydrogen-bond donors (Lipinski definition) is 1. The van der Waals surface area contributed by atoms with Crippen LogP contribution in [0.5, 0.6) is 0 Å². The normalized spacial score (nSPS) is 11.7. The van der Waals surface area contributed by atoms with Crippen molar-refractivity contribution < 1.29 is 13.2 Å². The van der Waals surface area contributed by atoms with E-state index in [1.54, 1.807) is 37.3 Å². The largest absolute Gasteiger partial charge is 0.352 e. The number of hydrogen-bond acceptors (Lipinski definition) is 3. The molecule has 1 rings (SSSR count). The molecule has 0 saturated heterocycles. The lowest BCUT2D eigenvalue weighted by molar-refractivity contribution is -0.116. The van der Waals surface area contributed by atoms with E-state index in [9.17, 15) is 13.2 Å². The van der Waals surface area contributed by atoms with Gasteiger partial charge in [-0.1, -0.05) is 18.2 Å². The molecule has 1 aromatic carbocycles. The first-order chi connectivity index (χ1) is 8.43. The van der Waals surface area contributed by atoms with Gasteiger partial charge in [-0.15, -0.1) is 0 Å². The molecule has 5 heteroatoms. The van der Waals surface area contributed by atoms with Crippen LogP contribution in [0, 0.1) is 0 Å². The van der Waals surface area contributed by atoms with E-state index < -0.39 is 9.84 Å². The highest BCUT2D eigenvalue weighted by atomic mass is 32.2. The molecule has 98 valence electrons. The molecular formula is C13H17NO3S. The van der Waals surface area contributed by atoms with Gasteiger partial charge in [-0.05, 0) is 37.1 Å². The number of carbonyl (C=O) groups is 1. The quantitative estimate of drug-likeness (QED) is 0.818. The number of benzene rings is 1. The summed E-state index contributed by atoms with van der Waals surface area (Å²) in [5.41, 5.74) is 0.989. The zero-order valence-electron chi connectivity index (χ0n) is 10.5. The fourth-order valence-electron chi connectivity index (χ4n) is 1.44. The third-order valence-corrected chi connectivity index (χ3v) is 3.51. The smallest absolute Gasteiger partial charge is 0.243 e. The van der Waals surface area contributed by atoms with Gasteiger partial charge in [-0.3, -0.25) is 4.79 Å². The summed E-state index contributed by atoms with van der Waals surface area (Å²) in [4.78, 5) is 11.5. The molecule has 1 N–H and O–H groups in total. The number of rotatable bonds is 5. The van der Waals surface area contributed by atoms with Gasteiger partial charge in [0, 0.05) is 12.8 Å². The fraction of sp³-hybridized carbons (Fsp3) is 0.308. The number of sulfone groups is 1. The monoisotopic (exact) mass is 267 g/mol. The third kappa shape index (κ3) is 4.71. The maximum absolute atomic E-state index is 11.3. The van der Waals surface area contributed by atoms with E-state index in [0.717, 1.165) is 5.56 Å². The van der Waals surface area contributed by atoms with Gasteiger partial charge >= 0.3 is 0 Å². The molecule has 0 unspecified atom stereocenters. The minimum Gasteiger partial charge on any atom is -0.352 e. The molecule has 0 aliphatic carbocycles. The second kappa shape index (κ2) is 6.35. The second-order valence-corrected chi connectivity index (χ2v) is 5.97. The summed E-state index contributed by atoms with van der Waals surface area (Å²) in [5.74, 6) is -0.120. The summed E-state index contributed by atoms with van der Waals surface area (Å²) in [7, 11) is -3.14. The van der Waals surface area contributed by atoms with Crippen LogP contribution in [-0.2, 0) is 21.1 Å². The Labute approximate surface area is 108 Å². The molecule has 0 spiro atoms. The molecule has 0 aromatic heterocycles. The number of amides is 1. The Morgan fingerprint density at radius 2 is 1.89 bits per heavy atom. The van der Waals surface area contributed by atoms with Gasteiger partial charge in [0.05, 0.1) is 4.90 Å². The lowest BCUT2D eigenvalue weighted by Crippen LogP contribution is -2.23. The van der Waals surface area contributed by atoms with Crippen molar-refractivity contribution in [1.82, 2.24) is 5.32 Å². The van der Waals surface area contributed by atoms with Gasteiger partial charge in [-0.25, -0.2) is 8.42 Å². The van der Waals surface area contributed by atoms with Gasteiger partial charge in [0.15, 0.2) is 9.84 Å². The summed E-state index contributed by atoms with van der Waals surface area (Å²) in [6.07, 6.45) is 5.00. The zero-order valence-corrected chi connectivity index (χ0v) is 11.3. The molecule has 0 bridgehead atoms. The van der Waals surface area contributed by atoms with Crippen molar-refractivity contribution in [2.45, 2.75) is 18.2 Å². The number of carbonyl (C=O) groups excluding carboxylic acids is 1. The van der Waals surface area contributed by atoms with Crippen molar-refractivity contribution in [3.8, 4) is 0 Å². The maximum atomic E-state index is 11.3. The van der Waals surface area contributed by atoms with Crippen LogP contribution in [0.1, 0.15) is 12.5 Å². The zero-order chi connectivity index (χ0) is 13.6. The highest BCUT2D eigenvalue weighted by Crippen LogP contribution is 2.10. The maximum Gasteiger partial charge on any atom is 0.243 e. The molecule has 0 atom stereocenters. The molecule has 4 nitrogen and oxygen atoms in total. The van der Waals surface area contributed by atoms with E-state index in [0.29, 0.717) is 17.9 Å². The SMILES string of the molecule is C/C=C/C(=O)NCCc1ccc(S(C)(=O)=O)cc1. The minimum atomic E-state index is -3.14. The molecule has 1 aromatic rings. The van der Waals surface area contributed by atoms with Crippen LogP contribution in [0.3, 0.4) is 0 Å². The Morgan fingerprint density at radius 3 is 2.39 bits per heavy atom. The number of nitrogens with one attached hydrogen (secondary N) is 1. The standard InChI is InChI=1S/C13H17NO3S/c1-3-4-13(15)14-10-9-11-5-7-12(8-6-11)18(2,16)17/h3-8H,9-10H2,1-2H3,(H,14,15)/b4-3+. The van der Waals surface area contributed by atoms with Gasteiger partial charge in [-0.2, -0.15) is 0 Å². The molecule has 0 radical (unpaired) electrons. The predicted octanol–water partition coefficient (Wildman–Crippen LogP) is 1.32. The summed E-state index contributed by atoms with van der Waals surface area (Å²) in [6.45, 7) is 2.31. The van der Waals surface area contributed by atoms with Gasteiger partial charge in [0.2, 0.25) is 5.91 Å². The van der Waals surface area contributed by atoms with E-state index in [-0.39, 0.29) is 5.91 Å². The molecule has 0 aliphatic rings. The van der Waals surface area contributed by atoms with Crippen molar-refractivity contribution in [2.24, 2.45) is 0 Å². The van der Waals surface area contributed by atoms with Crippen LogP contribution < -0.4 is 5.32 Å². The molecule has 0 heterocycles. The van der Waals surface area contributed by atoms with Gasteiger partial charge in [0.1, 0.15) is 0 Å². The Balaban J connectivity index is 2.52. The van der Waals surface area contributed by atoms with E-state index in [1.165, 1.54) is 12.3 Å². The van der Waals surface area contributed by atoms with Gasteiger partial charge < -0.3 is 5.32 Å². The molecule has 0 aliphatic heterocycles. The second-order valence-electron chi connectivity index (χ2n) is 3.96. The summed E-state index contributed by atoms with van der Waals surface area (Å²) >= 11 is 0. The average Bonchev–Trinajstić information content (AvgIpc) is 2.29. The number of allylic oxidation sites excluding steroid dienone is 1. The Morgan fingerprint density at radius 1 is 1.28 bits per heavy atom. The van der Waals surface area contributed by atoms with Crippen molar-refractivity contribution in [1.29, 1.82) is 0 Å². The summed E-state index contributed by atoms with van der Waals surface area (Å²) < 4.78 is 22.5. The lowest BCUT2D eigenvalue weighted by Gasteiger charge is -2.04. The molecule has 0 saturated carbocycles. The Kier molecular flexibility index (Phi) is 5.09. The first-order valence-electron chi connectivity index (χ1n) is 5.63. The van der Waals surface area contributed by atoms with Crippen LogP contribution in [0.15, 0.2) is 41.3 Å². The summed E-state index contributed by atoms with van der Waals surface area (Å²) in [6, 6.07) is 6.69. The summed E-state index contributed by atoms with van der Waals surface area (Å²) in [5, 5.41) is 2.73. The topological polar surface area (TPSA) is 63.2 Å². The van der Waals surface area contributed by atoms with Crippen molar-refractivity contribution in [2.75, 3.05) is 12.8 Å². The first-order valence-corrected chi connectivity index (χ1v) is 7.52. The highest BCUT2D eigenvalue weighted by Gasteiger charge is 2.05. The van der Waals surface area contributed by atoms with Crippen LogP contribution >= 0.6 is 0 Å². The lowest BCUT2D eigenvalue weighted by atomic mass is 10.1. The minimum absolute atomic E-state index is 0.120. The van der Waals surface area contributed by atoms with E-state index >= 15 is 0 Å². The predicted molar refractivity (Wildman–Crippen MR) is 71.1 cm³/mol. The van der Waals surface area contributed by atoms with Crippen molar-refractivity contribution >= 4 is 15.7 Å². The first kappa shape index (κ1) is 14.4. The molecule has 1 amide bonds. The Bertz CT molecular complexity index is 530. The molecule has 18 heavy (non-hydrogen) atoms. The fourth-order valence-corrected chi connectivity index (χ4v) is 2.07. The highest BCUT2D eigenvalue weighted by molar-refractivity contribution is 7.90. The molecular weight excluding hydrogens is 250 g/mol. The van der Waals surface area contributed by atoms with Crippen LogP contribution in [0.25, 0.3) is 0 Å². The van der Waals surface area contributed by atoms with Crippen molar-refractivity contribution in [3.05, 3.63) is 42.0 Å². The Hall–Kier alpha value is -1.62. The molecule has 0 fully saturated rings. The van der Waals surface area contributed by atoms with Crippen LogP contribution in [0.2, 0.25) is 0 Å². The van der Waals surface area contributed by atoms with Crippen molar-refractivity contribution in [3.63, 3.8) is 0 Å². The van der Waals surface area contributed by atoms with E-state index in [2.05, 4.69) is 5.32 Å². The van der Waals surface area contributed by atoms with Gasteiger partial charge in [0.25, 0.3) is 0 Å². The van der Waals surface area contributed by atoms with Crippen LogP contribution in [0.4, 0.5) is 0 Å². The van der Waals surface area contributed by atoms with E-state index in [4.69, 9.17) is 0 Å². The van der Waals surface area contributed by atoms with E-state index in [1.807, 2.05) is 0 Å².